The van der Waals surface area contributed by atoms with Gasteiger partial charge >= 0.3 is 0 Å². The van der Waals surface area contributed by atoms with E-state index in [9.17, 15) is 13.2 Å². The number of hydrogen-bond acceptors (Lipinski definition) is 3. The molecule has 1 aromatic carbocycles. The lowest BCUT2D eigenvalue weighted by Crippen LogP contribution is -2.35. The molecule has 1 aliphatic rings. The molecule has 0 atom stereocenters. The quantitative estimate of drug-likeness (QED) is 0.854. The van der Waals surface area contributed by atoms with Gasteiger partial charge < -0.3 is 4.90 Å². The van der Waals surface area contributed by atoms with Crippen LogP contribution in [0, 0.1) is 0 Å². The zero-order chi connectivity index (χ0) is 14.9. The fourth-order valence-corrected chi connectivity index (χ4v) is 3.52. The van der Waals surface area contributed by atoms with E-state index >= 15 is 0 Å². The van der Waals surface area contributed by atoms with E-state index in [0.717, 1.165) is 19.3 Å². The number of sulfonamides is 1. The number of rotatable bonds is 2. The Labute approximate surface area is 131 Å². The van der Waals surface area contributed by atoms with Crippen molar-refractivity contribution in [3.63, 3.8) is 0 Å². The van der Waals surface area contributed by atoms with Gasteiger partial charge in [-0.3, -0.25) is 4.79 Å². The Morgan fingerprint density at radius 3 is 2.40 bits per heavy atom. The van der Waals surface area contributed by atoms with Crippen LogP contribution >= 0.6 is 27.5 Å². The molecular weight excluding hydrogens is 368 g/mol. The minimum absolute atomic E-state index is 0.130. The molecule has 8 heteroatoms. The number of piperidine rings is 1. The van der Waals surface area contributed by atoms with Gasteiger partial charge in [0, 0.05) is 17.6 Å². The average Bonchev–Trinajstić information content (AvgIpc) is 2.40. The van der Waals surface area contributed by atoms with Gasteiger partial charge in [0.15, 0.2) is 0 Å². The SMILES string of the molecule is NS(=O)(=O)c1cc(Br)c(Cl)c(C(=O)N2CCCCC2)c1. The van der Waals surface area contributed by atoms with E-state index in [1.165, 1.54) is 12.1 Å². The number of carbonyl (C=O) groups is 1. The smallest absolute Gasteiger partial charge is 0.255 e. The van der Waals surface area contributed by atoms with E-state index in [4.69, 9.17) is 16.7 Å². The third-order valence-electron chi connectivity index (χ3n) is 3.20. The molecular formula is C12H14BrClN2O3S. The van der Waals surface area contributed by atoms with Gasteiger partial charge in [0.05, 0.1) is 15.5 Å². The van der Waals surface area contributed by atoms with Gasteiger partial charge in [-0.05, 0) is 47.3 Å². The van der Waals surface area contributed by atoms with E-state index < -0.39 is 10.0 Å². The molecule has 5 nitrogen and oxygen atoms in total. The summed E-state index contributed by atoms with van der Waals surface area (Å²) in [7, 11) is -3.89. The minimum Gasteiger partial charge on any atom is -0.339 e. The summed E-state index contributed by atoms with van der Waals surface area (Å²) >= 11 is 9.26. The Morgan fingerprint density at radius 1 is 1.25 bits per heavy atom. The molecule has 1 fully saturated rings. The summed E-state index contributed by atoms with van der Waals surface area (Å²) in [6.07, 6.45) is 2.98. The van der Waals surface area contributed by atoms with Crippen molar-refractivity contribution in [2.24, 2.45) is 5.14 Å². The van der Waals surface area contributed by atoms with E-state index in [-0.39, 0.29) is 21.4 Å². The topological polar surface area (TPSA) is 80.5 Å². The predicted molar refractivity (Wildman–Crippen MR) is 80.3 cm³/mol. The summed E-state index contributed by atoms with van der Waals surface area (Å²) in [5, 5.41) is 5.31. The molecule has 0 unspecified atom stereocenters. The third kappa shape index (κ3) is 3.33. The number of amides is 1. The maximum Gasteiger partial charge on any atom is 0.255 e. The Bertz CT molecular complexity index is 642. The molecule has 0 aromatic heterocycles. The second-order valence-corrected chi connectivity index (χ2v) is 7.46. The fraction of sp³-hybridized carbons (Fsp3) is 0.417. The van der Waals surface area contributed by atoms with Crippen molar-refractivity contribution in [1.29, 1.82) is 0 Å². The zero-order valence-corrected chi connectivity index (χ0v) is 13.8. The third-order valence-corrected chi connectivity index (χ3v) is 5.36. The Balaban J connectivity index is 2.44. The average molecular weight is 382 g/mol. The van der Waals surface area contributed by atoms with Crippen LogP contribution in [0.2, 0.25) is 5.02 Å². The molecule has 0 spiro atoms. The van der Waals surface area contributed by atoms with E-state index in [1.54, 1.807) is 4.90 Å². The molecule has 0 radical (unpaired) electrons. The first-order valence-corrected chi connectivity index (χ1v) is 8.83. The monoisotopic (exact) mass is 380 g/mol. The highest BCUT2D eigenvalue weighted by molar-refractivity contribution is 9.10. The highest BCUT2D eigenvalue weighted by Gasteiger charge is 2.24. The lowest BCUT2D eigenvalue weighted by Gasteiger charge is -2.27. The lowest BCUT2D eigenvalue weighted by atomic mass is 10.1. The summed E-state index contributed by atoms with van der Waals surface area (Å²) < 4.78 is 23.2. The normalized spacial score (nSPS) is 16.2. The molecule has 2 N–H and O–H groups in total. The zero-order valence-electron chi connectivity index (χ0n) is 10.6. The Morgan fingerprint density at radius 2 is 1.85 bits per heavy atom. The molecule has 2 rings (SSSR count). The van der Waals surface area contributed by atoms with Crippen molar-refractivity contribution < 1.29 is 13.2 Å². The molecule has 1 aliphatic heterocycles. The van der Waals surface area contributed by atoms with E-state index in [2.05, 4.69) is 15.9 Å². The van der Waals surface area contributed by atoms with Gasteiger partial charge in [0.2, 0.25) is 10.0 Å². The molecule has 1 saturated heterocycles. The highest BCUT2D eigenvalue weighted by Crippen LogP contribution is 2.31. The van der Waals surface area contributed by atoms with Gasteiger partial charge in [-0.25, -0.2) is 13.6 Å². The number of nitrogens with zero attached hydrogens (tertiary/aromatic N) is 1. The molecule has 1 aromatic rings. The summed E-state index contributed by atoms with van der Waals surface area (Å²) in [4.78, 5) is 14.0. The number of nitrogens with two attached hydrogens (primary N) is 1. The number of carbonyl (C=O) groups excluding carboxylic acids is 1. The van der Waals surface area contributed by atoms with Crippen LogP contribution in [0.1, 0.15) is 29.6 Å². The summed E-state index contributed by atoms with van der Waals surface area (Å²) in [5.41, 5.74) is 0.159. The lowest BCUT2D eigenvalue weighted by molar-refractivity contribution is 0.0724. The van der Waals surface area contributed by atoms with Gasteiger partial charge in [0.25, 0.3) is 5.91 Å². The largest absolute Gasteiger partial charge is 0.339 e. The van der Waals surface area contributed by atoms with Crippen molar-refractivity contribution in [1.82, 2.24) is 4.90 Å². The van der Waals surface area contributed by atoms with Crippen molar-refractivity contribution in [3.8, 4) is 0 Å². The Kier molecular flexibility index (Phi) is 4.73. The number of halogens is 2. The van der Waals surface area contributed by atoms with Crippen molar-refractivity contribution in [2.45, 2.75) is 24.2 Å². The summed E-state index contributed by atoms with van der Waals surface area (Å²) in [6, 6.07) is 2.53. The maximum atomic E-state index is 12.4. The Hall–Kier alpha value is -0.630. The molecule has 0 bridgehead atoms. The van der Waals surface area contributed by atoms with Crippen LogP contribution < -0.4 is 5.14 Å². The van der Waals surface area contributed by atoms with Crippen molar-refractivity contribution >= 4 is 43.5 Å². The predicted octanol–water partition coefficient (Wildman–Crippen LogP) is 2.38. The standard InChI is InChI=1S/C12H14BrClN2O3S/c13-10-7-8(20(15,18)19)6-9(11(10)14)12(17)16-4-2-1-3-5-16/h6-7H,1-5H2,(H2,15,18,19). The number of benzene rings is 1. The molecule has 20 heavy (non-hydrogen) atoms. The van der Waals surface area contributed by atoms with Crippen LogP contribution in [-0.4, -0.2) is 32.3 Å². The fourth-order valence-electron chi connectivity index (χ4n) is 2.15. The molecule has 1 amide bonds. The maximum absolute atomic E-state index is 12.4. The van der Waals surface area contributed by atoms with Crippen LogP contribution in [-0.2, 0) is 10.0 Å². The van der Waals surface area contributed by atoms with E-state index in [1.807, 2.05) is 0 Å². The molecule has 0 saturated carbocycles. The second kappa shape index (κ2) is 6.01. The van der Waals surface area contributed by atoms with Crippen LogP contribution in [0.25, 0.3) is 0 Å². The van der Waals surface area contributed by atoms with Crippen LogP contribution in [0.3, 0.4) is 0 Å². The molecule has 110 valence electrons. The summed E-state index contributed by atoms with van der Waals surface area (Å²) in [6.45, 7) is 1.32. The van der Waals surface area contributed by atoms with Gasteiger partial charge in [-0.2, -0.15) is 0 Å². The van der Waals surface area contributed by atoms with Gasteiger partial charge in [-0.15, -0.1) is 0 Å². The van der Waals surface area contributed by atoms with Crippen LogP contribution in [0.5, 0.6) is 0 Å². The van der Waals surface area contributed by atoms with Crippen molar-refractivity contribution in [2.75, 3.05) is 13.1 Å². The first-order valence-electron chi connectivity index (χ1n) is 6.12. The minimum atomic E-state index is -3.89. The van der Waals surface area contributed by atoms with Gasteiger partial charge in [0.1, 0.15) is 0 Å². The van der Waals surface area contributed by atoms with Gasteiger partial charge in [-0.1, -0.05) is 11.6 Å². The first-order chi connectivity index (χ1) is 9.30. The second-order valence-electron chi connectivity index (χ2n) is 4.66. The highest BCUT2D eigenvalue weighted by atomic mass is 79.9. The van der Waals surface area contributed by atoms with Crippen LogP contribution in [0.4, 0.5) is 0 Å². The number of primary sulfonamides is 1. The number of likely N-dealkylation sites (tertiary alicyclic amines) is 1. The molecule has 0 aliphatic carbocycles. The number of hydrogen-bond donors (Lipinski definition) is 1. The summed E-state index contributed by atoms with van der Waals surface area (Å²) in [5.74, 6) is -0.263. The van der Waals surface area contributed by atoms with E-state index in [0.29, 0.717) is 17.6 Å². The van der Waals surface area contributed by atoms with Crippen molar-refractivity contribution in [3.05, 3.63) is 27.2 Å². The molecule has 1 heterocycles. The van der Waals surface area contributed by atoms with Crippen LogP contribution in [0.15, 0.2) is 21.5 Å². The first kappa shape index (κ1) is 15.8.